The summed E-state index contributed by atoms with van der Waals surface area (Å²) in [5.74, 6) is 0.623. The number of rotatable bonds is 5. The van der Waals surface area contributed by atoms with Crippen molar-refractivity contribution in [3.8, 4) is 56.2 Å². The number of nitrogens with zero attached hydrogens (tertiary/aromatic N) is 3. The van der Waals surface area contributed by atoms with E-state index >= 15 is 0 Å². The largest absolute Gasteiger partial charge is 0.456 e. The van der Waals surface area contributed by atoms with Crippen LogP contribution in [0.4, 0.5) is 0 Å². The minimum atomic E-state index is 0.623. The number of para-hydroxylation sites is 2. The lowest BCUT2D eigenvalue weighted by atomic mass is 9.94. The zero-order chi connectivity index (χ0) is 33.0. The van der Waals surface area contributed by atoms with Gasteiger partial charge in [0.25, 0.3) is 0 Å². The molecule has 0 saturated heterocycles. The van der Waals surface area contributed by atoms with Crippen LogP contribution in [0.5, 0.6) is 0 Å². The molecule has 0 radical (unpaired) electrons. The van der Waals surface area contributed by atoms with E-state index in [0.717, 1.165) is 94.2 Å². The van der Waals surface area contributed by atoms with Gasteiger partial charge in [0.05, 0.1) is 11.4 Å². The third kappa shape index (κ3) is 4.52. The van der Waals surface area contributed by atoms with Crippen LogP contribution in [0.2, 0.25) is 0 Å². The fraction of sp³-hybridized carbons (Fsp3) is 0. The van der Waals surface area contributed by atoms with Crippen molar-refractivity contribution in [1.29, 1.82) is 0 Å². The van der Waals surface area contributed by atoms with E-state index in [1.54, 1.807) is 6.20 Å². The predicted molar refractivity (Wildman–Crippen MR) is 202 cm³/mol. The van der Waals surface area contributed by atoms with Gasteiger partial charge in [-0.2, -0.15) is 0 Å². The van der Waals surface area contributed by atoms with E-state index in [9.17, 15) is 0 Å². The molecule has 0 unspecified atom stereocenters. The van der Waals surface area contributed by atoms with Crippen LogP contribution < -0.4 is 0 Å². The second-order valence-corrected chi connectivity index (χ2v) is 12.4. The Morgan fingerprint density at radius 2 is 1.04 bits per heavy atom. The van der Waals surface area contributed by atoms with Crippen molar-refractivity contribution in [2.24, 2.45) is 0 Å². The maximum Gasteiger partial charge on any atom is 0.161 e. The number of pyridine rings is 1. The highest BCUT2D eigenvalue weighted by Crippen LogP contribution is 2.45. The van der Waals surface area contributed by atoms with Gasteiger partial charge in [0, 0.05) is 61.8 Å². The summed E-state index contributed by atoms with van der Waals surface area (Å²) in [4.78, 5) is 15.0. The van der Waals surface area contributed by atoms with Crippen LogP contribution in [0.1, 0.15) is 0 Å². The first kappa shape index (κ1) is 28.2. The molecule has 0 fully saturated rings. The minimum Gasteiger partial charge on any atom is -0.456 e. The van der Waals surface area contributed by atoms with Crippen molar-refractivity contribution < 1.29 is 8.83 Å². The van der Waals surface area contributed by atoms with E-state index in [4.69, 9.17) is 18.8 Å². The van der Waals surface area contributed by atoms with Crippen molar-refractivity contribution in [3.05, 3.63) is 164 Å². The quantitative estimate of drug-likeness (QED) is 0.187. The molecule has 0 saturated carbocycles. The Kier molecular flexibility index (Phi) is 6.42. The number of hydrogen-bond acceptors (Lipinski definition) is 5. The lowest BCUT2D eigenvalue weighted by Gasteiger charge is -2.14. The standard InChI is InChI=1S/C45H27N3O2/c1-2-12-28(13-3-1)37-26-38(31-16-5-4-15-30(31)29-14-11-25-46-27-29)48-45(47-37)36-24-23-33(44-43(36)35-18-7-9-21-40(35)50-44)32-19-10-22-41-42(32)34-17-6-8-20-39(34)49-41/h1-27H. The average molecular weight is 642 g/mol. The molecule has 234 valence electrons. The Balaban J connectivity index is 1.26. The summed E-state index contributed by atoms with van der Waals surface area (Å²) >= 11 is 0. The topological polar surface area (TPSA) is 65.0 Å². The molecular weight excluding hydrogens is 615 g/mol. The molecule has 4 aromatic heterocycles. The van der Waals surface area contributed by atoms with Crippen molar-refractivity contribution in [3.63, 3.8) is 0 Å². The van der Waals surface area contributed by atoms with Crippen molar-refractivity contribution in [2.45, 2.75) is 0 Å². The molecule has 0 atom stereocenters. The summed E-state index contributed by atoms with van der Waals surface area (Å²) in [7, 11) is 0. The molecule has 4 heterocycles. The second-order valence-electron chi connectivity index (χ2n) is 12.4. The van der Waals surface area contributed by atoms with Crippen LogP contribution in [0.15, 0.2) is 173 Å². The zero-order valence-electron chi connectivity index (χ0n) is 26.7. The zero-order valence-corrected chi connectivity index (χ0v) is 26.7. The Bertz CT molecular complexity index is 2870. The molecule has 5 nitrogen and oxygen atoms in total. The fourth-order valence-electron chi connectivity index (χ4n) is 7.17. The van der Waals surface area contributed by atoms with Gasteiger partial charge in [-0.15, -0.1) is 0 Å². The van der Waals surface area contributed by atoms with Crippen LogP contribution in [0.25, 0.3) is 100 Å². The summed E-state index contributed by atoms with van der Waals surface area (Å²) in [6.45, 7) is 0. The molecule has 0 amide bonds. The van der Waals surface area contributed by atoms with Crippen LogP contribution in [0.3, 0.4) is 0 Å². The molecule has 6 aromatic carbocycles. The van der Waals surface area contributed by atoms with Crippen molar-refractivity contribution in [2.75, 3.05) is 0 Å². The van der Waals surface area contributed by atoms with Gasteiger partial charge in [0.15, 0.2) is 5.82 Å². The number of furan rings is 2. The molecule has 0 aliphatic carbocycles. The maximum atomic E-state index is 6.75. The lowest BCUT2D eigenvalue weighted by molar-refractivity contribution is 0.668. The SMILES string of the molecule is c1ccc(-c2cc(-c3ccccc3-c3cccnc3)nc(-c3ccc(-c4cccc5oc6ccccc6c45)c4oc5ccccc5c34)n2)cc1. The Hall–Kier alpha value is -6.85. The van der Waals surface area contributed by atoms with Gasteiger partial charge >= 0.3 is 0 Å². The number of benzene rings is 6. The lowest BCUT2D eigenvalue weighted by Crippen LogP contribution is -1.98. The molecule has 0 spiro atoms. The molecule has 50 heavy (non-hydrogen) atoms. The van der Waals surface area contributed by atoms with Crippen LogP contribution in [-0.2, 0) is 0 Å². The Morgan fingerprint density at radius 3 is 1.86 bits per heavy atom. The molecule has 0 bridgehead atoms. The van der Waals surface area contributed by atoms with Gasteiger partial charge in [0.2, 0.25) is 0 Å². The van der Waals surface area contributed by atoms with Gasteiger partial charge < -0.3 is 8.83 Å². The highest BCUT2D eigenvalue weighted by molar-refractivity contribution is 6.20. The average Bonchev–Trinajstić information content (AvgIpc) is 3.77. The van der Waals surface area contributed by atoms with Crippen LogP contribution in [0, 0.1) is 0 Å². The molecule has 0 aliphatic heterocycles. The summed E-state index contributed by atoms with van der Waals surface area (Å²) in [6.07, 6.45) is 3.69. The number of fused-ring (bicyclic) bond motifs is 6. The molecule has 10 aromatic rings. The van der Waals surface area contributed by atoms with E-state index in [2.05, 4.69) is 96.0 Å². The van der Waals surface area contributed by atoms with Gasteiger partial charge in [-0.25, -0.2) is 9.97 Å². The van der Waals surface area contributed by atoms with E-state index in [-0.39, 0.29) is 0 Å². The third-order valence-electron chi connectivity index (χ3n) is 9.43. The molecule has 0 aliphatic rings. The molecule has 0 N–H and O–H groups in total. The smallest absolute Gasteiger partial charge is 0.161 e. The fourth-order valence-corrected chi connectivity index (χ4v) is 7.17. The van der Waals surface area contributed by atoms with Gasteiger partial charge in [-0.1, -0.05) is 109 Å². The molecule has 10 rings (SSSR count). The van der Waals surface area contributed by atoms with Crippen LogP contribution >= 0.6 is 0 Å². The van der Waals surface area contributed by atoms with E-state index in [1.807, 2.05) is 66.9 Å². The summed E-state index contributed by atoms with van der Waals surface area (Å²) in [6, 6.07) is 51.6. The second kappa shape index (κ2) is 11.4. The first-order valence-electron chi connectivity index (χ1n) is 16.6. The summed E-state index contributed by atoms with van der Waals surface area (Å²) in [5.41, 5.74) is 12.0. The van der Waals surface area contributed by atoms with E-state index in [0.29, 0.717) is 5.82 Å². The van der Waals surface area contributed by atoms with Gasteiger partial charge in [-0.05, 0) is 53.6 Å². The first-order chi connectivity index (χ1) is 24.8. The Morgan fingerprint density at radius 1 is 0.400 bits per heavy atom. The highest BCUT2D eigenvalue weighted by Gasteiger charge is 2.22. The molecule has 5 heteroatoms. The first-order valence-corrected chi connectivity index (χ1v) is 16.6. The van der Waals surface area contributed by atoms with E-state index < -0.39 is 0 Å². The van der Waals surface area contributed by atoms with Crippen molar-refractivity contribution in [1.82, 2.24) is 15.0 Å². The van der Waals surface area contributed by atoms with Crippen molar-refractivity contribution >= 4 is 43.9 Å². The van der Waals surface area contributed by atoms with E-state index in [1.165, 1.54) is 0 Å². The minimum absolute atomic E-state index is 0.623. The predicted octanol–water partition coefficient (Wildman–Crippen LogP) is 12.0. The monoisotopic (exact) mass is 641 g/mol. The normalized spacial score (nSPS) is 11.6. The maximum absolute atomic E-state index is 6.75. The Labute approximate surface area is 287 Å². The summed E-state index contributed by atoms with van der Waals surface area (Å²) in [5, 5.41) is 4.12. The number of aromatic nitrogens is 3. The van der Waals surface area contributed by atoms with Gasteiger partial charge in [0.1, 0.15) is 22.3 Å². The number of hydrogen-bond donors (Lipinski definition) is 0. The highest BCUT2D eigenvalue weighted by atomic mass is 16.3. The summed E-state index contributed by atoms with van der Waals surface area (Å²) < 4.78 is 13.0. The van der Waals surface area contributed by atoms with Gasteiger partial charge in [-0.3, -0.25) is 4.98 Å². The third-order valence-corrected chi connectivity index (χ3v) is 9.43. The van der Waals surface area contributed by atoms with Crippen LogP contribution in [-0.4, -0.2) is 15.0 Å². The molecular formula is C45H27N3O2.